The van der Waals surface area contributed by atoms with Crippen molar-refractivity contribution in [2.24, 2.45) is 11.3 Å². The fourth-order valence-corrected chi connectivity index (χ4v) is 3.22. The van der Waals surface area contributed by atoms with Gasteiger partial charge in [-0.15, -0.1) is 0 Å². The second-order valence-corrected chi connectivity index (χ2v) is 7.76. The molecule has 0 saturated carbocycles. The lowest BCUT2D eigenvalue weighted by Crippen LogP contribution is -2.52. The van der Waals surface area contributed by atoms with E-state index in [1.165, 1.54) is 6.42 Å². The number of hydrogen-bond donors (Lipinski definition) is 2. The number of likely N-dealkylation sites (tertiary alicyclic amines) is 1. The summed E-state index contributed by atoms with van der Waals surface area (Å²) >= 11 is 0. The Kier molecular flexibility index (Phi) is 5.84. The Morgan fingerprint density at radius 1 is 1.18 bits per heavy atom. The van der Waals surface area contributed by atoms with Crippen LogP contribution in [0.4, 0.5) is 0 Å². The van der Waals surface area contributed by atoms with Gasteiger partial charge in [-0.3, -0.25) is 9.59 Å². The zero-order valence-electron chi connectivity index (χ0n) is 14.3. The van der Waals surface area contributed by atoms with Crippen LogP contribution in [0.3, 0.4) is 0 Å². The third kappa shape index (κ3) is 4.70. The molecule has 2 heterocycles. The Hall–Kier alpha value is -1.10. The molecule has 2 amide bonds. The summed E-state index contributed by atoms with van der Waals surface area (Å²) in [6, 6.07) is 0.0108. The van der Waals surface area contributed by atoms with Crippen LogP contribution >= 0.6 is 0 Å². The number of carbonyl (C=O) groups excluding carboxylic acids is 2. The Morgan fingerprint density at radius 3 is 2.59 bits per heavy atom. The summed E-state index contributed by atoms with van der Waals surface area (Å²) in [5, 5.41) is 6.38. The first-order chi connectivity index (χ1) is 10.4. The smallest absolute Gasteiger partial charge is 0.239 e. The molecule has 0 aromatic heterocycles. The molecule has 0 aromatic carbocycles. The second kappa shape index (κ2) is 7.44. The van der Waals surface area contributed by atoms with Crippen molar-refractivity contribution in [3.05, 3.63) is 0 Å². The van der Waals surface area contributed by atoms with Gasteiger partial charge in [0.1, 0.15) is 0 Å². The average molecular weight is 309 g/mol. The van der Waals surface area contributed by atoms with E-state index in [4.69, 9.17) is 0 Å². The summed E-state index contributed by atoms with van der Waals surface area (Å²) in [6.45, 7) is 9.05. The van der Waals surface area contributed by atoms with Crippen LogP contribution in [0.15, 0.2) is 0 Å². The standard InChI is InChI=1S/C17H31N3O2/c1-17(2,3)16(22)19-11-13-7-6-10-20(12-13)15(21)14-8-4-5-9-18-14/h13-14,18H,4-12H2,1-3H3,(H,19,22). The topological polar surface area (TPSA) is 61.4 Å². The number of rotatable bonds is 3. The van der Waals surface area contributed by atoms with E-state index in [2.05, 4.69) is 10.6 Å². The molecular weight excluding hydrogens is 278 g/mol. The number of nitrogens with one attached hydrogen (secondary N) is 2. The third-order valence-corrected chi connectivity index (χ3v) is 4.67. The highest BCUT2D eigenvalue weighted by Crippen LogP contribution is 2.19. The van der Waals surface area contributed by atoms with E-state index in [0.29, 0.717) is 12.5 Å². The molecule has 2 aliphatic rings. The largest absolute Gasteiger partial charge is 0.355 e. The lowest BCUT2D eigenvalue weighted by atomic mass is 9.93. The van der Waals surface area contributed by atoms with Crippen LogP contribution in [0.25, 0.3) is 0 Å². The minimum atomic E-state index is -0.351. The van der Waals surface area contributed by atoms with Crippen molar-refractivity contribution in [3.63, 3.8) is 0 Å². The van der Waals surface area contributed by atoms with E-state index in [0.717, 1.165) is 45.3 Å². The van der Waals surface area contributed by atoms with Crippen LogP contribution in [0, 0.1) is 11.3 Å². The summed E-state index contributed by atoms with van der Waals surface area (Å²) in [5.74, 6) is 0.726. The van der Waals surface area contributed by atoms with E-state index >= 15 is 0 Å². The number of hydrogen-bond acceptors (Lipinski definition) is 3. The van der Waals surface area contributed by atoms with Crippen LogP contribution in [0.2, 0.25) is 0 Å². The van der Waals surface area contributed by atoms with Gasteiger partial charge in [0.2, 0.25) is 11.8 Å². The van der Waals surface area contributed by atoms with E-state index in [1.54, 1.807) is 0 Å². The van der Waals surface area contributed by atoms with Crippen LogP contribution < -0.4 is 10.6 Å². The van der Waals surface area contributed by atoms with Crippen molar-refractivity contribution >= 4 is 11.8 Å². The van der Waals surface area contributed by atoms with Gasteiger partial charge in [0, 0.05) is 25.0 Å². The molecule has 0 aliphatic carbocycles. The molecule has 2 N–H and O–H groups in total. The molecule has 2 atom stereocenters. The highest BCUT2D eigenvalue weighted by molar-refractivity contribution is 5.82. The van der Waals surface area contributed by atoms with Crippen molar-refractivity contribution in [1.29, 1.82) is 0 Å². The first-order valence-corrected chi connectivity index (χ1v) is 8.68. The molecule has 2 fully saturated rings. The van der Waals surface area contributed by atoms with Gasteiger partial charge in [-0.25, -0.2) is 0 Å². The van der Waals surface area contributed by atoms with Crippen molar-refractivity contribution in [2.75, 3.05) is 26.2 Å². The summed E-state index contributed by atoms with van der Waals surface area (Å²) < 4.78 is 0. The van der Waals surface area contributed by atoms with Crippen LogP contribution in [-0.4, -0.2) is 48.9 Å². The normalized spacial score (nSPS) is 26.6. The maximum atomic E-state index is 12.6. The van der Waals surface area contributed by atoms with Crippen molar-refractivity contribution in [2.45, 2.75) is 58.9 Å². The van der Waals surface area contributed by atoms with Gasteiger partial charge < -0.3 is 15.5 Å². The molecule has 0 bridgehead atoms. The van der Waals surface area contributed by atoms with Gasteiger partial charge in [-0.2, -0.15) is 0 Å². The van der Waals surface area contributed by atoms with Crippen LogP contribution in [0.1, 0.15) is 52.9 Å². The molecule has 2 aliphatic heterocycles. The molecule has 2 rings (SSSR count). The van der Waals surface area contributed by atoms with Gasteiger partial charge in [0.25, 0.3) is 0 Å². The van der Waals surface area contributed by atoms with E-state index < -0.39 is 0 Å². The SMILES string of the molecule is CC(C)(C)C(=O)NCC1CCCN(C(=O)C2CCCCN2)C1. The minimum Gasteiger partial charge on any atom is -0.355 e. The average Bonchev–Trinajstić information content (AvgIpc) is 2.52. The summed E-state index contributed by atoms with van der Waals surface area (Å²) in [6.07, 6.45) is 5.40. The third-order valence-electron chi connectivity index (χ3n) is 4.67. The highest BCUT2D eigenvalue weighted by Gasteiger charge is 2.30. The van der Waals surface area contributed by atoms with Gasteiger partial charge >= 0.3 is 0 Å². The zero-order valence-corrected chi connectivity index (χ0v) is 14.3. The van der Waals surface area contributed by atoms with Gasteiger partial charge in [0.15, 0.2) is 0 Å². The highest BCUT2D eigenvalue weighted by atomic mass is 16.2. The molecule has 22 heavy (non-hydrogen) atoms. The minimum absolute atomic E-state index is 0.0108. The van der Waals surface area contributed by atoms with Crippen LogP contribution in [-0.2, 0) is 9.59 Å². The molecule has 0 radical (unpaired) electrons. The molecule has 5 nitrogen and oxygen atoms in total. The van der Waals surface area contributed by atoms with Crippen molar-refractivity contribution in [3.8, 4) is 0 Å². The Labute approximate surface area is 134 Å². The Bertz CT molecular complexity index is 397. The maximum absolute atomic E-state index is 12.6. The van der Waals surface area contributed by atoms with Gasteiger partial charge in [-0.1, -0.05) is 27.2 Å². The molecule has 5 heteroatoms. The fourth-order valence-electron chi connectivity index (χ4n) is 3.22. The first kappa shape index (κ1) is 17.3. The molecule has 0 aromatic rings. The van der Waals surface area contributed by atoms with Crippen molar-refractivity contribution in [1.82, 2.24) is 15.5 Å². The van der Waals surface area contributed by atoms with Gasteiger partial charge in [0.05, 0.1) is 6.04 Å². The Morgan fingerprint density at radius 2 is 1.95 bits per heavy atom. The second-order valence-electron chi connectivity index (χ2n) is 7.76. The number of piperidine rings is 2. The predicted octanol–water partition coefficient (Wildman–Crippen LogP) is 1.53. The summed E-state index contributed by atoms with van der Waals surface area (Å²) in [4.78, 5) is 26.5. The quantitative estimate of drug-likeness (QED) is 0.831. The first-order valence-electron chi connectivity index (χ1n) is 8.68. The number of carbonyl (C=O) groups is 2. The lowest BCUT2D eigenvalue weighted by Gasteiger charge is -2.36. The predicted molar refractivity (Wildman–Crippen MR) is 87.4 cm³/mol. The summed E-state index contributed by atoms with van der Waals surface area (Å²) in [7, 11) is 0. The molecule has 0 spiro atoms. The monoisotopic (exact) mass is 309 g/mol. The van der Waals surface area contributed by atoms with Gasteiger partial charge in [-0.05, 0) is 38.1 Å². The summed E-state index contributed by atoms with van der Waals surface area (Å²) in [5.41, 5.74) is -0.351. The van der Waals surface area contributed by atoms with Crippen LogP contribution in [0.5, 0.6) is 0 Å². The lowest BCUT2D eigenvalue weighted by molar-refractivity contribution is -0.135. The van der Waals surface area contributed by atoms with E-state index in [-0.39, 0.29) is 23.3 Å². The van der Waals surface area contributed by atoms with E-state index in [1.807, 2.05) is 25.7 Å². The molecule has 2 unspecified atom stereocenters. The molecule has 126 valence electrons. The Balaban J connectivity index is 1.81. The number of amides is 2. The zero-order chi connectivity index (χ0) is 16.2. The number of nitrogens with zero attached hydrogens (tertiary/aromatic N) is 1. The molecule has 2 saturated heterocycles. The molecular formula is C17H31N3O2. The maximum Gasteiger partial charge on any atom is 0.239 e. The van der Waals surface area contributed by atoms with Crippen molar-refractivity contribution < 1.29 is 9.59 Å². The fraction of sp³-hybridized carbons (Fsp3) is 0.882. The van der Waals surface area contributed by atoms with E-state index in [9.17, 15) is 9.59 Å².